The second kappa shape index (κ2) is 7.41. The highest BCUT2D eigenvalue weighted by Crippen LogP contribution is 2.17. The maximum Gasteiger partial charge on any atom is 0.163 e. The summed E-state index contributed by atoms with van der Waals surface area (Å²) in [6.07, 6.45) is 0.362. The normalized spacial score (nSPS) is 10.1. The van der Waals surface area contributed by atoms with Gasteiger partial charge in [0, 0.05) is 24.0 Å². The van der Waals surface area contributed by atoms with Gasteiger partial charge in [0.05, 0.1) is 14.2 Å². The van der Waals surface area contributed by atoms with Crippen LogP contribution < -0.4 is 9.47 Å². The van der Waals surface area contributed by atoms with E-state index in [0.717, 1.165) is 0 Å². The lowest BCUT2D eigenvalue weighted by Crippen LogP contribution is -2.05. The van der Waals surface area contributed by atoms with Crippen molar-refractivity contribution in [1.82, 2.24) is 0 Å². The molecule has 0 unspecified atom stereocenters. The number of methoxy groups -OCH3 is 2. The van der Waals surface area contributed by atoms with Crippen LogP contribution in [-0.4, -0.2) is 25.8 Å². The van der Waals surface area contributed by atoms with Gasteiger partial charge in [-0.05, 0) is 36.4 Å². The van der Waals surface area contributed by atoms with Crippen LogP contribution in [0.3, 0.4) is 0 Å². The standard InChI is InChI=1S/C18H18O4/c1-21-15-8-6-13(7-9-15)17(19)10-11-18(20)14-4-3-5-16(12-14)22-2/h3-9,12H,10-11H2,1-2H3. The van der Waals surface area contributed by atoms with Gasteiger partial charge in [0.2, 0.25) is 0 Å². The average Bonchev–Trinajstić information content (AvgIpc) is 2.59. The minimum absolute atomic E-state index is 0.0566. The van der Waals surface area contributed by atoms with Gasteiger partial charge in [-0.3, -0.25) is 9.59 Å². The van der Waals surface area contributed by atoms with Crippen LogP contribution in [0.2, 0.25) is 0 Å². The lowest BCUT2D eigenvalue weighted by atomic mass is 10.0. The fourth-order valence-electron chi connectivity index (χ4n) is 2.09. The van der Waals surface area contributed by atoms with Crippen molar-refractivity contribution in [2.75, 3.05) is 14.2 Å². The molecule has 0 saturated carbocycles. The van der Waals surface area contributed by atoms with Crippen LogP contribution in [0.4, 0.5) is 0 Å². The Morgan fingerprint density at radius 1 is 0.773 bits per heavy atom. The zero-order chi connectivity index (χ0) is 15.9. The van der Waals surface area contributed by atoms with Gasteiger partial charge in [0.25, 0.3) is 0 Å². The Hall–Kier alpha value is -2.62. The van der Waals surface area contributed by atoms with Crippen molar-refractivity contribution in [2.24, 2.45) is 0 Å². The van der Waals surface area contributed by atoms with Gasteiger partial charge < -0.3 is 9.47 Å². The summed E-state index contributed by atoms with van der Waals surface area (Å²) in [4.78, 5) is 24.2. The van der Waals surface area contributed by atoms with E-state index in [2.05, 4.69) is 0 Å². The largest absolute Gasteiger partial charge is 0.497 e. The number of carbonyl (C=O) groups is 2. The molecule has 0 radical (unpaired) electrons. The summed E-state index contributed by atoms with van der Waals surface area (Å²) in [6, 6.07) is 13.8. The van der Waals surface area contributed by atoms with Crippen LogP contribution in [-0.2, 0) is 0 Å². The molecule has 0 bridgehead atoms. The zero-order valence-corrected chi connectivity index (χ0v) is 12.7. The second-order valence-corrected chi connectivity index (χ2v) is 4.81. The van der Waals surface area contributed by atoms with Gasteiger partial charge in [-0.25, -0.2) is 0 Å². The van der Waals surface area contributed by atoms with E-state index in [9.17, 15) is 9.59 Å². The van der Waals surface area contributed by atoms with Crippen LogP contribution in [0.1, 0.15) is 33.6 Å². The summed E-state index contributed by atoms with van der Waals surface area (Å²) in [6.45, 7) is 0. The first-order valence-electron chi connectivity index (χ1n) is 6.98. The molecule has 0 aliphatic rings. The van der Waals surface area contributed by atoms with Crippen LogP contribution >= 0.6 is 0 Å². The highest BCUT2D eigenvalue weighted by Gasteiger charge is 2.11. The topological polar surface area (TPSA) is 52.6 Å². The van der Waals surface area contributed by atoms with Gasteiger partial charge in [0.1, 0.15) is 11.5 Å². The van der Waals surface area contributed by atoms with E-state index in [-0.39, 0.29) is 24.4 Å². The van der Waals surface area contributed by atoms with Crippen molar-refractivity contribution in [3.8, 4) is 11.5 Å². The number of benzene rings is 2. The first-order chi connectivity index (χ1) is 10.6. The highest BCUT2D eigenvalue weighted by atomic mass is 16.5. The lowest BCUT2D eigenvalue weighted by Gasteiger charge is -2.05. The van der Waals surface area contributed by atoms with E-state index in [4.69, 9.17) is 9.47 Å². The van der Waals surface area contributed by atoms with Crippen molar-refractivity contribution in [3.05, 3.63) is 59.7 Å². The van der Waals surface area contributed by atoms with Crippen LogP contribution in [0, 0.1) is 0 Å². The van der Waals surface area contributed by atoms with Crippen LogP contribution in [0.25, 0.3) is 0 Å². The zero-order valence-electron chi connectivity index (χ0n) is 12.7. The Labute approximate surface area is 129 Å². The van der Waals surface area contributed by atoms with Crippen molar-refractivity contribution in [3.63, 3.8) is 0 Å². The maximum atomic E-state index is 12.1. The Morgan fingerprint density at radius 3 is 1.95 bits per heavy atom. The van der Waals surface area contributed by atoms with E-state index >= 15 is 0 Å². The third kappa shape index (κ3) is 3.95. The smallest absolute Gasteiger partial charge is 0.163 e. The molecule has 0 aliphatic carbocycles. The number of ketones is 2. The number of hydrogen-bond donors (Lipinski definition) is 0. The fraction of sp³-hybridized carbons (Fsp3) is 0.222. The minimum atomic E-state index is -0.0687. The van der Waals surface area contributed by atoms with Crippen LogP contribution in [0.15, 0.2) is 48.5 Å². The highest BCUT2D eigenvalue weighted by molar-refractivity contribution is 6.02. The summed E-state index contributed by atoms with van der Waals surface area (Å²) in [5.41, 5.74) is 1.14. The van der Waals surface area contributed by atoms with Gasteiger partial charge in [-0.1, -0.05) is 12.1 Å². The molecule has 0 aromatic heterocycles. The second-order valence-electron chi connectivity index (χ2n) is 4.81. The molecule has 0 aliphatic heterocycles. The minimum Gasteiger partial charge on any atom is -0.497 e. The summed E-state index contributed by atoms with van der Waals surface area (Å²) < 4.78 is 10.1. The molecular formula is C18H18O4. The summed E-state index contributed by atoms with van der Waals surface area (Å²) in [5.74, 6) is 1.20. The molecule has 2 aromatic rings. The molecule has 0 amide bonds. The molecule has 0 atom stereocenters. The van der Waals surface area contributed by atoms with Crippen LogP contribution in [0.5, 0.6) is 11.5 Å². The van der Waals surface area contributed by atoms with Gasteiger partial charge >= 0.3 is 0 Å². The van der Waals surface area contributed by atoms with Gasteiger partial charge in [0.15, 0.2) is 11.6 Å². The molecule has 2 aromatic carbocycles. The maximum absolute atomic E-state index is 12.1. The molecular weight excluding hydrogens is 280 g/mol. The first kappa shape index (κ1) is 15.8. The van der Waals surface area contributed by atoms with E-state index in [1.54, 1.807) is 62.8 Å². The molecule has 0 spiro atoms. The third-order valence-corrected chi connectivity index (χ3v) is 3.38. The Balaban J connectivity index is 1.96. The van der Waals surface area contributed by atoms with E-state index < -0.39 is 0 Å². The van der Waals surface area contributed by atoms with Crippen molar-refractivity contribution >= 4 is 11.6 Å². The Kier molecular flexibility index (Phi) is 5.31. The number of rotatable bonds is 7. The Bertz CT molecular complexity index is 659. The molecule has 0 saturated heterocycles. The van der Waals surface area contributed by atoms with Gasteiger partial charge in [-0.2, -0.15) is 0 Å². The number of carbonyl (C=O) groups excluding carboxylic acids is 2. The summed E-state index contributed by atoms with van der Waals surface area (Å²) >= 11 is 0. The molecule has 2 rings (SSSR count). The number of Topliss-reactive ketones (excluding diaryl/α,β-unsaturated/α-hetero) is 2. The number of hydrogen-bond acceptors (Lipinski definition) is 4. The summed E-state index contributed by atoms with van der Waals surface area (Å²) in [5, 5.41) is 0. The lowest BCUT2D eigenvalue weighted by molar-refractivity contribution is 0.0917. The molecule has 114 valence electrons. The average molecular weight is 298 g/mol. The first-order valence-corrected chi connectivity index (χ1v) is 6.98. The molecule has 4 nitrogen and oxygen atoms in total. The van der Waals surface area contributed by atoms with Crippen molar-refractivity contribution in [1.29, 1.82) is 0 Å². The predicted molar refractivity (Wildman–Crippen MR) is 83.9 cm³/mol. The molecule has 0 heterocycles. The number of ether oxygens (including phenoxy) is 2. The fourth-order valence-corrected chi connectivity index (χ4v) is 2.09. The van der Waals surface area contributed by atoms with E-state index in [0.29, 0.717) is 22.6 Å². The third-order valence-electron chi connectivity index (χ3n) is 3.38. The SMILES string of the molecule is COc1ccc(C(=O)CCC(=O)c2cccc(OC)c2)cc1. The summed E-state index contributed by atoms with van der Waals surface area (Å²) in [7, 11) is 3.13. The molecule has 22 heavy (non-hydrogen) atoms. The van der Waals surface area contributed by atoms with Crippen molar-refractivity contribution in [2.45, 2.75) is 12.8 Å². The monoisotopic (exact) mass is 298 g/mol. The molecule has 4 heteroatoms. The quantitative estimate of drug-likeness (QED) is 0.734. The Morgan fingerprint density at radius 2 is 1.36 bits per heavy atom. The van der Waals surface area contributed by atoms with E-state index in [1.165, 1.54) is 0 Å². The molecule has 0 N–H and O–H groups in total. The molecule has 0 fully saturated rings. The predicted octanol–water partition coefficient (Wildman–Crippen LogP) is 3.55. The van der Waals surface area contributed by atoms with E-state index in [1.807, 2.05) is 0 Å². The van der Waals surface area contributed by atoms with Crippen molar-refractivity contribution < 1.29 is 19.1 Å². The van der Waals surface area contributed by atoms with Gasteiger partial charge in [-0.15, -0.1) is 0 Å².